The van der Waals surface area contributed by atoms with Crippen LogP contribution in [0, 0.1) is 5.82 Å². The molecule has 0 bridgehead atoms. The van der Waals surface area contributed by atoms with Crippen molar-refractivity contribution in [3.63, 3.8) is 0 Å². The number of benzene rings is 1. The molecule has 0 aliphatic rings. The van der Waals surface area contributed by atoms with E-state index in [0.29, 0.717) is 29.5 Å². The molecule has 3 nitrogen and oxygen atoms in total. The van der Waals surface area contributed by atoms with E-state index in [1.54, 1.807) is 27.7 Å². The van der Waals surface area contributed by atoms with Crippen molar-refractivity contribution in [2.24, 2.45) is 0 Å². The van der Waals surface area contributed by atoms with Crippen molar-refractivity contribution in [1.82, 2.24) is 5.32 Å². The summed E-state index contributed by atoms with van der Waals surface area (Å²) >= 11 is 0. The van der Waals surface area contributed by atoms with Crippen molar-refractivity contribution in [1.29, 1.82) is 0 Å². The molecule has 160 valence electrons. The van der Waals surface area contributed by atoms with Gasteiger partial charge in [0.2, 0.25) is 0 Å². The Morgan fingerprint density at radius 2 is 1.90 bits per heavy atom. The van der Waals surface area contributed by atoms with Crippen LogP contribution in [0.5, 0.6) is 0 Å². The van der Waals surface area contributed by atoms with Crippen molar-refractivity contribution >= 4 is 11.5 Å². The average Bonchev–Trinajstić information content (AvgIpc) is 2.59. The summed E-state index contributed by atoms with van der Waals surface area (Å²) in [4.78, 5) is 11.9. The highest BCUT2D eigenvalue weighted by Gasteiger charge is 2.34. The average molecular weight is 413 g/mol. The minimum atomic E-state index is -4.71. The Labute approximate surface area is 169 Å². The third-order valence-corrected chi connectivity index (χ3v) is 4.14. The monoisotopic (exact) mass is 413 g/mol. The molecule has 29 heavy (non-hydrogen) atoms. The zero-order chi connectivity index (χ0) is 22.4. The van der Waals surface area contributed by atoms with Gasteiger partial charge >= 0.3 is 12.1 Å². The lowest BCUT2D eigenvalue weighted by molar-refractivity contribution is -0.141. The van der Waals surface area contributed by atoms with Gasteiger partial charge in [0.1, 0.15) is 5.82 Å². The van der Waals surface area contributed by atoms with Gasteiger partial charge in [0.25, 0.3) is 0 Å². The lowest BCUT2D eigenvalue weighted by Gasteiger charge is -2.19. The minimum absolute atomic E-state index is 0.114. The van der Waals surface area contributed by atoms with E-state index in [-0.39, 0.29) is 17.2 Å². The van der Waals surface area contributed by atoms with Crippen LogP contribution in [0.15, 0.2) is 47.8 Å². The van der Waals surface area contributed by atoms with Crippen LogP contribution in [-0.2, 0) is 15.7 Å². The number of carbonyl (C=O) groups excluding carboxylic acids is 1. The number of halogens is 4. The highest BCUT2D eigenvalue weighted by Crippen LogP contribution is 2.37. The van der Waals surface area contributed by atoms with E-state index in [1.807, 2.05) is 6.92 Å². The summed E-state index contributed by atoms with van der Waals surface area (Å²) in [7, 11) is 0. The lowest BCUT2D eigenvalue weighted by atomic mass is 9.94. The Kier molecular flexibility index (Phi) is 8.67. The van der Waals surface area contributed by atoms with Gasteiger partial charge in [-0.3, -0.25) is 0 Å². The normalized spacial score (nSPS) is 13.2. The van der Waals surface area contributed by atoms with Gasteiger partial charge < -0.3 is 10.1 Å². The number of carbonyl (C=O) groups is 1. The van der Waals surface area contributed by atoms with Crippen LogP contribution in [0.1, 0.15) is 58.6 Å². The zero-order valence-corrected chi connectivity index (χ0v) is 17.3. The third kappa shape index (κ3) is 7.40. The summed E-state index contributed by atoms with van der Waals surface area (Å²) in [6, 6.07) is 2.50. The molecule has 0 atom stereocenters. The quantitative estimate of drug-likeness (QED) is 0.233. The second-order valence-corrected chi connectivity index (χ2v) is 6.95. The lowest BCUT2D eigenvalue weighted by Crippen LogP contribution is -2.17. The smallest absolute Gasteiger partial charge is 0.417 e. The van der Waals surface area contributed by atoms with Crippen LogP contribution in [-0.4, -0.2) is 12.1 Å². The van der Waals surface area contributed by atoms with E-state index < -0.39 is 23.5 Å². The molecule has 0 aromatic heterocycles. The van der Waals surface area contributed by atoms with Crippen molar-refractivity contribution in [2.45, 2.75) is 59.7 Å². The standard InChI is InChI=1S/C22H27F4NO2/c1-7-8-18(12-21(28)29-13(2)3)27-16(6)14(4)15(5)19-10-9-17(23)11-20(19)22(24,25)26/h9-13,27H,5,7-8H2,1-4,6H3/b16-14-,18-12+. The molecule has 0 fully saturated rings. The molecule has 0 amide bonds. The number of ether oxygens (including phenoxy) is 1. The molecular weight excluding hydrogens is 386 g/mol. The number of nitrogens with one attached hydrogen (secondary N) is 1. The Bertz CT molecular complexity index is 821. The van der Waals surface area contributed by atoms with Crippen LogP contribution in [0.25, 0.3) is 5.57 Å². The van der Waals surface area contributed by atoms with E-state index in [1.165, 1.54) is 6.08 Å². The molecule has 1 rings (SSSR count). The maximum atomic E-state index is 13.4. The first-order valence-corrected chi connectivity index (χ1v) is 9.28. The second-order valence-electron chi connectivity index (χ2n) is 6.95. The van der Waals surface area contributed by atoms with E-state index in [9.17, 15) is 22.4 Å². The largest absolute Gasteiger partial charge is 0.460 e. The molecular formula is C22H27F4NO2. The van der Waals surface area contributed by atoms with Gasteiger partial charge in [-0.25, -0.2) is 9.18 Å². The van der Waals surface area contributed by atoms with E-state index in [4.69, 9.17) is 4.74 Å². The van der Waals surface area contributed by atoms with E-state index in [2.05, 4.69) is 11.9 Å². The number of hydrogen-bond donors (Lipinski definition) is 1. The van der Waals surface area contributed by atoms with Crippen LogP contribution < -0.4 is 5.32 Å². The molecule has 0 spiro atoms. The summed E-state index contributed by atoms with van der Waals surface area (Å²) in [5.74, 6) is -1.47. The third-order valence-electron chi connectivity index (χ3n) is 4.14. The van der Waals surface area contributed by atoms with Crippen LogP contribution in [0.3, 0.4) is 0 Å². The van der Waals surface area contributed by atoms with Crippen LogP contribution in [0.4, 0.5) is 17.6 Å². The van der Waals surface area contributed by atoms with Gasteiger partial charge in [0.05, 0.1) is 11.7 Å². The summed E-state index contributed by atoms with van der Waals surface area (Å²) in [6.45, 7) is 12.5. The minimum Gasteiger partial charge on any atom is -0.460 e. The van der Waals surface area contributed by atoms with Crippen molar-refractivity contribution < 1.29 is 27.1 Å². The molecule has 1 aromatic carbocycles. The van der Waals surface area contributed by atoms with Crippen LogP contribution >= 0.6 is 0 Å². The van der Waals surface area contributed by atoms with Crippen molar-refractivity contribution in [2.75, 3.05) is 0 Å². The molecule has 1 N–H and O–H groups in total. The highest BCUT2D eigenvalue weighted by molar-refractivity contribution is 5.83. The van der Waals surface area contributed by atoms with Crippen LogP contribution in [0.2, 0.25) is 0 Å². The Morgan fingerprint density at radius 3 is 2.41 bits per heavy atom. The van der Waals surface area contributed by atoms with E-state index in [0.717, 1.165) is 18.6 Å². The Morgan fingerprint density at radius 1 is 1.28 bits per heavy atom. The fraction of sp³-hybridized carbons (Fsp3) is 0.409. The zero-order valence-electron chi connectivity index (χ0n) is 17.3. The van der Waals surface area contributed by atoms with Gasteiger partial charge in [0, 0.05) is 17.5 Å². The fourth-order valence-electron chi connectivity index (χ4n) is 2.63. The maximum absolute atomic E-state index is 13.4. The van der Waals surface area contributed by atoms with Gasteiger partial charge in [-0.15, -0.1) is 0 Å². The summed E-state index contributed by atoms with van der Waals surface area (Å²) in [6.07, 6.45) is -2.34. The van der Waals surface area contributed by atoms with Crippen molar-refractivity contribution in [3.8, 4) is 0 Å². The highest BCUT2D eigenvalue weighted by atomic mass is 19.4. The molecule has 0 aliphatic heterocycles. The molecule has 7 heteroatoms. The first-order valence-electron chi connectivity index (χ1n) is 9.28. The first kappa shape index (κ1) is 24.5. The molecule has 0 heterocycles. The maximum Gasteiger partial charge on any atom is 0.417 e. The number of allylic oxidation sites excluding steroid dienone is 4. The predicted octanol–water partition coefficient (Wildman–Crippen LogP) is 6.38. The van der Waals surface area contributed by atoms with E-state index >= 15 is 0 Å². The van der Waals surface area contributed by atoms with Gasteiger partial charge in [-0.2, -0.15) is 13.2 Å². The Hall–Kier alpha value is -2.57. The molecule has 1 aromatic rings. The summed E-state index contributed by atoms with van der Waals surface area (Å²) < 4.78 is 58.4. The second kappa shape index (κ2) is 10.3. The van der Waals surface area contributed by atoms with Gasteiger partial charge in [-0.05, 0) is 63.0 Å². The molecule has 0 radical (unpaired) electrons. The number of alkyl halides is 3. The molecule has 0 aliphatic carbocycles. The molecule has 0 saturated carbocycles. The van der Waals surface area contributed by atoms with Crippen molar-refractivity contribution in [3.05, 3.63) is 64.8 Å². The molecule has 0 unspecified atom stereocenters. The van der Waals surface area contributed by atoms with Gasteiger partial charge in [-0.1, -0.05) is 26.0 Å². The number of hydrogen-bond acceptors (Lipinski definition) is 3. The summed E-state index contributed by atoms with van der Waals surface area (Å²) in [5, 5.41) is 3.07. The topological polar surface area (TPSA) is 38.3 Å². The first-order chi connectivity index (χ1) is 13.4. The van der Waals surface area contributed by atoms with Gasteiger partial charge in [0.15, 0.2) is 0 Å². The Balaban J connectivity index is 3.23. The number of rotatable bonds is 8. The number of esters is 1. The fourth-order valence-corrected chi connectivity index (χ4v) is 2.63. The SMILES string of the molecule is C=C(/C(C)=C(/C)N/C(=C/C(=O)OC(C)C)CCC)c1ccc(F)cc1C(F)(F)F. The molecule has 0 saturated heterocycles. The predicted molar refractivity (Wildman–Crippen MR) is 106 cm³/mol. The summed E-state index contributed by atoms with van der Waals surface area (Å²) in [5.41, 5.74) is 0.406.